The molecule has 16 heavy (non-hydrogen) atoms. The highest BCUT2D eigenvalue weighted by atomic mass is 16.2. The molecule has 0 N–H and O–H groups in total. The quantitative estimate of drug-likeness (QED) is 0.780. The van der Waals surface area contributed by atoms with E-state index in [0.717, 1.165) is 31.5 Å². The lowest BCUT2D eigenvalue weighted by atomic mass is 10.0. The van der Waals surface area contributed by atoms with Crippen LogP contribution in [0, 0.1) is 0 Å². The standard InChI is InChI=1S/C12H17N3O/c1-2-11(10-9-13-6-7-14-10)15-8-4-3-5-12(15)16/h6-7,9,11H,2-5,8H2,1H3. The molecule has 1 atom stereocenters. The first-order valence-electron chi connectivity index (χ1n) is 5.88. The molecule has 0 radical (unpaired) electrons. The number of carbonyl (C=O) groups excluding carboxylic acids is 1. The van der Waals surface area contributed by atoms with Crippen LogP contribution in [-0.2, 0) is 4.79 Å². The van der Waals surface area contributed by atoms with Crippen LogP contribution < -0.4 is 0 Å². The Labute approximate surface area is 95.7 Å². The molecule has 0 aliphatic carbocycles. The number of hydrogen-bond acceptors (Lipinski definition) is 3. The van der Waals surface area contributed by atoms with E-state index in [1.807, 2.05) is 4.90 Å². The van der Waals surface area contributed by atoms with Crippen LogP contribution >= 0.6 is 0 Å². The molecule has 0 spiro atoms. The Balaban J connectivity index is 2.18. The van der Waals surface area contributed by atoms with E-state index in [-0.39, 0.29) is 11.9 Å². The lowest BCUT2D eigenvalue weighted by Gasteiger charge is -2.33. The van der Waals surface area contributed by atoms with Gasteiger partial charge in [-0.1, -0.05) is 6.92 Å². The predicted octanol–water partition coefficient (Wildman–Crippen LogP) is 1.94. The molecule has 2 rings (SSSR count). The van der Waals surface area contributed by atoms with Crippen molar-refractivity contribution in [3.05, 3.63) is 24.3 Å². The lowest BCUT2D eigenvalue weighted by molar-refractivity contribution is -0.136. The Kier molecular flexibility index (Phi) is 3.49. The third kappa shape index (κ3) is 2.21. The van der Waals surface area contributed by atoms with Gasteiger partial charge in [0.05, 0.1) is 17.9 Å². The first kappa shape index (κ1) is 11.0. The molecular weight excluding hydrogens is 202 g/mol. The van der Waals surface area contributed by atoms with E-state index < -0.39 is 0 Å². The summed E-state index contributed by atoms with van der Waals surface area (Å²) in [5, 5.41) is 0. The van der Waals surface area contributed by atoms with Gasteiger partial charge in [-0.3, -0.25) is 14.8 Å². The molecule has 1 fully saturated rings. The van der Waals surface area contributed by atoms with E-state index >= 15 is 0 Å². The highest BCUT2D eigenvalue weighted by Gasteiger charge is 2.26. The number of aromatic nitrogens is 2. The molecule has 0 bridgehead atoms. The van der Waals surface area contributed by atoms with Gasteiger partial charge in [0.25, 0.3) is 0 Å². The minimum atomic E-state index is 0.0986. The van der Waals surface area contributed by atoms with Gasteiger partial charge in [-0.15, -0.1) is 0 Å². The zero-order valence-corrected chi connectivity index (χ0v) is 9.59. The van der Waals surface area contributed by atoms with E-state index in [2.05, 4.69) is 16.9 Å². The van der Waals surface area contributed by atoms with E-state index in [1.165, 1.54) is 0 Å². The first-order chi connectivity index (χ1) is 7.83. The Morgan fingerprint density at radius 2 is 2.31 bits per heavy atom. The zero-order valence-electron chi connectivity index (χ0n) is 9.59. The second-order valence-corrected chi connectivity index (χ2v) is 4.10. The molecule has 1 aromatic heterocycles. The minimum absolute atomic E-state index is 0.0986. The van der Waals surface area contributed by atoms with Gasteiger partial charge in [0.1, 0.15) is 0 Å². The fraction of sp³-hybridized carbons (Fsp3) is 0.583. The van der Waals surface area contributed by atoms with E-state index in [9.17, 15) is 4.79 Å². The fourth-order valence-corrected chi connectivity index (χ4v) is 2.23. The number of nitrogens with zero attached hydrogens (tertiary/aromatic N) is 3. The summed E-state index contributed by atoms with van der Waals surface area (Å²) in [6.45, 7) is 2.94. The van der Waals surface area contributed by atoms with Gasteiger partial charge in [0, 0.05) is 25.4 Å². The summed E-state index contributed by atoms with van der Waals surface area (Å²) in [6, 6.07) is 0.0986. The van der Waals surface area contributed by atoms with Crippen molar-refractivity contribution < 1.29 is 4.79 Å². The number of hydrogen-bond donors (Lipinski definition) is 0. The van der Waals surface area contributed by atoms with Gasteiger partial charge in [0.15, 0.2) is 0 Å². The fourth-order valence-electron chi connectivity index (χ4n) is 2.23. The van der Waals surface area contributed by atoms with Gasteiger partial charge in [0.2, 0.25) is 5.91 Å². The molecule has 4 heteroatoms. The van der Waals surface area contributed by atoms with Crippen LogP contribution in [-0.4, -0.2) is 27.3 Å². The maximum absolute atomic E-state index is 11.8. The molecular formula is C12H17N3O. The Bertz CT molecular complexity index is 353. The van der Waals surface area contributed by atoms with Crippen molar-refractivity contribution in [1.82, 2.24) is 14.9 Å². The molecule has 4 nitrogen and oxygen atoms in total. The van der Waals surface area contributed by atoms with E-state index in [1.54, 1.807) is 18.6 Å². The normalized spacial score (nSPS) is 18.6. The predicted molar refractivity (Wildman–Crippen MR) is 60.6 cm³/mol. The number of likely N-dealkylation sites (tertiary alicyclic amines) is 1. The van der Waals surface area contributed by atoms with Crippen molar-refractivity contribution in [2.45, 2.75) is 38.6 Å². The summed E-state index contributed by atoms with van der Waals surface area (Å²) in [4.78, 5) is 22.2. The van der Waals surface area contributed by atoms with Crippen molar-refractivity contribution in [3.63, 3.8) is 0 Å². The first-order valence-corrected chi connectivity index (χ1v) is 5.88. The lowest BCUT2D eigenvalue weighted by Crippen LogP contribution is -2.38. The Morgan fingerprint density at radius 3 is 2.94 bits per heavy atom. The molecule has 0 aromatic carbocycles. The van der Waals surface area contributed by atoms with Gasteiger partial charge in [-0.25, -0.2) is 0 Å². The Morgan fingerprint density at radius 1 is 1.44 bits per heavy atom. The molecule has 1 saturated heterocycles. The van der Waals surface area contributed by atoms with Crippen molar-refractivity contribution in [3.8, 4) is 0 Å². The van der Waals surface area contributed by atoms with Gasteiger partial charge in [-0.2, -0.15) is 0 Å². The van der Waals surface area contributed by atoms with Crippen LogP contribution in [0.1, 0.15) is 44.3 Å². The average Bonchev–Trinajstić information content (AvgIpc) is 2.34. The summed E-state index contributed by atoms with van der Waals surface area (Å²) in [5.74, 6) is 0.253. The third-order valence-electron chi connectivity index (χ3n) is 3.05. The van der Waals surface area contributed by atoms with Crippen LogP contribution in [0.25, 0.3) is 0 Å². The molecule has 1 aromatic rings. The van der Waals surface area contributed by atoms with Crippen LogP contribution in [0.4, 0.5) is 0 Å². The number of carbonyl (C=O) groups is 1. The highest BCUT2D eigenvalue weighted by Crippen LogP contribution is 2.26. The molecule has 2 heterocycles. The van der Waals surface area contributed by atoms with Crippen molar-refractivity contribution in [1.29, 1.82) is 0 Å². The van der Waals surface area contributed by atoms with Crippen LogP contribution in [0.3, 0.4) is 0 Å². The maximum atomic E-state index is 11.8. The number of piperidine rings is 1. The van der Waals surface area contributed by atoms with Crippen molar-refractivity contribution >= 4 is 5.91 Å². The van der Waals surface area contributed by atoms with Gasteiger partial charge >= 0.3 is 0 Å². The highest BCUT2D eigenvalue weighted by molar-refractivity contribution is 5.77. The summed E-state index contributed by atoms with van der Waals surface area (Å²) in [5.41, 5.74) is 0.903. The minimum Gasteiger partial charge on any atom is -0.334 e. The van der Waals surface area contributed by atoms with E-state index in [4.69, 9.17) is 0 Å². The average molecular weight is 219 g/mol. The SMILES string of the molecule is CCC(c1cnccn1)N1CCCCC1=O. The van der Waals surface area contributed by atoms with Gasteiger partial charge < -0.3 is 4.90 Å². The zero-order chi connectivity index (χ0) is 11.4. The topological polar surface area (TPSA) is 46.1 Å². The smallest absolute Gasteiger partial charge is 0.223 e. The summed E-state index contributed by atoms with van der Waals surface area (Å²) >= 11 is 0. The monoisotopic (exact) mass is 219 g/mol. The maximum Gasteiger partial charge on any atom is 0.223 e. The number of amides is 1. The molecule has 0 saturated carbocycles. The van der Waals surface area contributed by atoms with Crippen LogP contribution in [0.15, 0.2) is 18.6 Å². The third-order valence-corrected chi connectivity index (χ3v) is 3.05. The largest absolute Gasteiger partial charge is 0.334 e. The number of rotatable bonds is 3. The molecule has 1 aliphatic heterocycles. The van der Waals surface area contributed by atoms with E-state index in [0.29, 0.717) is 6.42 Å². The van der Waals surface area contributed by atoms with Crippen molar-refractivity contribution in [2.24, 2.45) is 0 Å². The summed E-state index contributed by atoms with van der Waals surface area (Å²) in [6.07, 6.45) is 8.80. The van der Waals surface area contributed by atoms with Crippen LogP contribution in [0.5, 0.6) is 0 Å². The second kappa shape index (κ2) is 5.05. The molecule has 1 aliphatic rings. The van der Waals surface area contributed by atoms with Crippen LogP contribution in [0.2, 0.25) is 0 Å². The Hall–Kier alpha value is -1.45. The molecule has 1 unspecified atom stereocenters. The second-order valence-electron chi connectivity index (χ2n) is 4.10. The summed E-state index contributed by atoms with van der Waals surface area (Å²) in [7, 11) is 0. The van der Waals surface area contributed by atoms with Crippen molar-refractivity contribution in [2.75, 3.05) is 6.54 Å². The molecule has 1 amide bonds. The molecule has 86 valence electrons. The van der Waals surface area contributed by atoms with Gasteiger partial charge in [-0.05, 0) is 19.3 Å². The summed E-state index contributed by atoms with van der Waals surface area (Å²) < 4.78 is 0.